The molecule has 0 saturated heterocycles. The third kappa shape index (κ3) is 2.93. The summed E-state index contributed by atoms with van der Waals surface area (Å²) in [5, 5.41) is 7.02. The number of nitrogens with zero attached hydrogens (tertiary/aromatic N) is 2. The third-order valence-electron chi connectivity index (χ3n) is 2.89. The van der Waals surface area contributed by atoms with Gasteiger partial charge in [-0.3, -0.25) is 9.48 Å². The summed E-state index contributed by atoms with van der Waals surface area (Å²) >= 11 is 0. The number of rotatable bonds is 4. The molecule has 0 saturated carbocycles. The molecule has 0 aliphatic heterocycles. The molecule has 0 radical (unpaired) electrons. The molecule has 5 heteroatoms. The maximum Gasteiger partial charge on any atom is 0.255 e. The second-order valence-electron chi connectivity index (χ2n) is 4.30. The fourth-order valence-corrected chi connectivity index (χ4v) is 1.94. The van der Waals surface area contributed by atoms with Crippen molar-refractivity contribution in [2.75, 3.05) is 7.11 Å². The molecule has 2 aromatic rings. The van der Waals surface area contributed by atoms with Crippen molar-refractivity contribution in [2.24, 2.45) is 7.05 Å². The van der Waals surface area contributed by atoms with Gasteiger partial charge in [-0.05, 0) is 13.0 Å². The number of aromatic nitrogens is 2. The first-order chi connectivity index (χ1) is 9.11. The Balaban J connectivity index is 2.06. The van der Waals surface area contributed by atoms with Crippen molar-refractivity contribution in [1.29, 1.82) is 0 Å². The Morgan fingerprint density at radius 2 is 2.16 bits per heavy atom. The zero-order chi connectivity index (χ0) is 13.8. The lowest BCUT2D eigenvalue weighted by atomic mass is 10.2. The predicted octanol–water partition coefficient (Wildman–Crippen LogP) is 1.67. The SMILES string of the molecule is COc1ccccc1CNC(=O)c1cn(C)nc1C. The minimum absolute atomic E-state index is 0.128. The fraction of sp³-hybridized carbons (Fsp3) is 0.286. The van der Waals surface area contributed by atoms with E-state index in [1.165, 1.54) is 0 Å². The van der Waals surface area contributed by atoms with Gasteiger partial charge < -0.3 is 10.1 Å². The maximum atomic E-state index is 12.0. The van der Waals surface area contributed by atoms with Gasteiger partial charge in [0.2, 0.25) is 0 Å². The largest absolute Gasteiger partial charge is 0.496 e. The number of carbonyl (C=O) groups excluding carboxylic acids is 1. The van der Waals surface area contributed by atoms with Crippen molar-refractivity contribution in [3.63, 3.8) is 0 Å². The zero-order valence-electron chi connectivity index (χ0n) is 11.3. The van der Waals surface area contributed by atoms with E-state index in [4.69, 9.17) is 4.74 Å². The number of methoxy groups -OCH3 is 1. The number of para-hydroxylation sites is 1. The molecule has 1 heterocycles. The summed E-state index contributed by atoms with van der Waals surface area (Å²) in [6.45, 7) is 2.25. The number of nitrogens with one attached hydrogen (secondary N) is 1. The molecule has 0 atom stereocenters. The lowest BCUT2D eigenvalue weighted by molar-refractivity contribution is 0.0950. The van der Waals surface area contributed by atoms with Gasteiger partial charge in [0.05, 0.1) is 18.4 Å². The standard InChI is InChI=1S/C14H17N3O2/c1-10-12(9-17(2)16-10)14(18)15-8-11-6-4-5-7-13(11)19-3/h4-7,9H,8H2,1-3H3,(H,15,18). The van der Waals surface area contributed by atoms with Crippen molar-refractivity contribution < 1.29 is 9.53 Å². The summed E-state index contributed by atoms with van der Waals surface area (Å²) in [6.07, 6.45) is 1.72. The molecule has 5 nitrogen and oxygen atoms in total. The van der Waals surface area contributed by atoms with E-state index in [-0.39, 0.29) is 5.91 Å². The van der Waals surface area contributed by atoms with Crippen molar-refractivity contribution in [3.8, 4) is 5.75 Å². The van der Waals surface area contributed by atoms with E-state index in [2.05, 4.69) is 10.4 Å². The molecule has 100 valence electrons. The topological polar surface area (TPSA) is 56.1 Å². The fourth-order valence-electron chi connectivity index (χ4n) is 1.94. The average molecular weight is 259 g/mol. The highest BCUT2D eigenvalue weighted by Crippen LogP contribution is 2.17. The van der Waals surface area contributed by atoms with Crippen LogP contribution in [0, 0.1) is 6.92 Å². The molecule has 0 aliphatic carbocycles. The highest BCUT2D eigenvalue weighted by atomic mass is 16.5. The second kappa shape index (κ2) is 5.56. The Bertz CT molecular complexity index is 590. The van der Waals surface area contributed by atoms with Crippen LogP contribution in [0.1, 0.15) is 21.6 Å². The van der Waals surface area contributed by atoms with E-state index in [1.54, 1.807) is 25.0 Å². The van der Waals surface area contributed by atoms with Gasteiger partial charge in [0, 0.05) is 25.4 Å². The lowest BCUT2D eigenvalue weighted by Gasteiger charge is -2.09. The van der Waals surface area contributed by atoms with Crippen LogP contribution in [0.5, 0.6) is 5.75 Å². The summed E-state index contributed by atoms with van der Waals surface area (Å²) in [4.78, 5) is 12.0. The lowest BCUT2D eigenvalue weighted by Crippen LogP contribution is -2.23. The Kier molecular flexibility index (Phi) is 3.85. The zero-order valence-corrected chi connectivity index (χ0v) is 11.3. The first kappa shape index (κ1) is 13.1. The van der Waals surface area contributed by atoms with E-state index < -0.39 is 0 Å². The van der Waals surface area contributed by atoms with Crippen molar-refractivity contribution in [3.05, 3.63) is 47.3 Å². The van der Waals surface area contributed by atoms with Crippen LogP contribution in [0.3, 0.4) is 0 Å². The van der Waals surface area contributed by atoms with Crippen molar-refractivity contribution in [1.82, 2.24) is 15.1 Å². The molecule has 1 amide bonds. The van der Waals surface area contributed by atoms with Gasteiger partial charge in [-0.2, -0.15) is 5.10 Å². The van der Waals surface area contributed by atoms with E-state index in [0.29, 0.717) is 12.1 Å². The summed E-state index contributed by atoms with van der Waals surface area (Å²) in [7, 11) is 3.41. The van der Waals surface area contributed by atoms with Gasteiger partial charge >= 0.3 is 0 Å². The molecule has 0 spiro atoms. The molecule has 0 unspecified atom stereocenters. The molecule has 1 N–H and O–H groups in total. The van der Waals surface area contributed by atoms with Crippen LogP contribution in [0.25, 0.3) is 0 Å². The normalized spacial score (nSPS) is 10.3. The van der Waals surface area contributed by atoms with Gasteiger partial charge in [0.1, 0.15) is 5.75 Å². The van der Waals surface area contributed by atoms with E-state index in [1.807, 2.05) is 31.2 Å². The van der Waals surface area contributed by atoms with Gasteiger partial charge in [-0.15, -0.1) is 0 Å². The Morgan fingerprint density at radius 3 is 2.79 bits per heavy atom. The number of amides is 1. The summed E-state index contributed by atoms with van der Waals surface area (Å²) in [5.41, 5.74) is 2.26. The third-order valence-corrected chi connectivity index (χ3v) is 2.89. The molecular weight excluding hydrogens is 242 g/mol. The van der Waals surface area contributed by atoms with Crippen LogP contribution in [-0.4, -0.2) is 22.8 Å². The first-order valence-corrected chi connectivity index (χ1v) is 6.02. The Labute approximate surface area is 112 Å². The van der Waals surface area contributed by atoms with Gasteiger partial charge in [0.15, 0.2) is 0 Å². The minimum atomic E-state index is -0.128. The maximum absolute atomic E-state index is 12.0. The van der Waals surface area contributed by atoms with Crippen LogP contribution >= 0.6 is 0 Å². The Hall–Kier alpha value is -2.30. The minimum Gasteiger partial charge on any atom is -0.496 e. The van der Waals surface area contributed by atoms with E-state index in [0.717, 1.165) is 17.0 Å². The molecule has 2 rings (SSSR count). The van der Waals surface area contributed by atoms with Crippen LogP contribution in [0.15, 0.2) is 30.5 Å². The monoisotopic (exact) mass is 259 g/mol. The summed E-state index contributed by atoms with van der Waals surface area (Å²) in [6, 6.07) is 7.61. The number of aryl methyl sites for hydroxylation is 2. The highest BCUT2D eigenvalue weighted by Gasteiger charge is 2.12. The first-order valence-electron chi connectivity index (χ1n) is 6.02. The van der Waals surface area contributed by atoms with E-state index in [9.17, 15) is 4.79 Å². The van der Waals surface area contributed by atoms with Gasteiger partial charge in [0.25, 0.3) is 5.91 Å². The molecular formula is C14H17N3O2. The predicted molar refractivity (Wildman–Crippen MR) is 72.1 cm³/mol. The molecule has 0 bridgehead atoms. The average Bonchev–Trinajstić information content (AvgIpc) is 2.75. The molecule has 1 aromatic carbocycles. The smallest absolute Gasteiger partial charge is 0.255 e. The number of benzene rings is 1. The van der Waals surface area contributed by atoms with Crippen LogP contribution in [0.2, 0.25) is 0 Å². The van der Waals surface area contributed by atoms with Crippen LogP contribution < -0.4 is 10.1 Å². The summed E-state index contributed by atoms with van der Waals surface area (Å²) < 4.78 is 6.88. The Morgan fingerprint density at radius 1 is 1.42 bits per heavy atom. The number of ether oxygens (including phenoxy) is 1. The van der Waals surface area contributed by atoms with E-state index >= 15 is 0 Å². The number of hydrogen-bond acceptors (Lipinski definition) is 3. The molecule has 0 aliphatic rings. The second-order valence-corrected chi connectivity index (χ2v) is 4.30. The molecule has 19 heavy (non-hydrogen) atoms. The molecule has 0 fully saturated rings. The summed E-state index contributed by atoms with van der Waals surface area (Å²) in [5.74, 6) is 0.641. The number of hydrogen-bond donors (Lipinski definition) is 1. The van der Waals surface area contributed by atoms with Gasteiger partial charge in [-0.25, -0.2) is 0 Å². The highest BCUT2D eigenvalue weighted by molar-refractivity contribution is 5.94. The molecule has 1 aromatic heterocycles. The van der Waals surface area contributed by atoms with Crippen molar-refractivity contribution in [2.45, 2.75) is 13.5 Å². The quantitative estimate of drug-likeness (QED) is 0.908. The number of carbonyl (C=O) groups is 1. The van der Waals surface area contributed by atoms with Crippen LogP contribution in [-0.2, 0) is 13.6 Å². The van der Waals surface area contributed by atoms with Crippen molar-refractivity contribution >= 4 is 5.91 Å². The van der Waals surface area contributed by atoms with Gasteiger partial charge in [-0.1, -0.05) is 18.2 Å². The van der Waals surface area contributed by atoms with Crippen LogP contribution in [0.4, 0.5) is 0 Å².